The van der Waals surface area contributed by atoms with Crippen LogP contribution in [0.4, 0.5) is 0 Å². The van der Waals surface area contributed by atoms with Gasteiger partial charge in [0.15, 0.2) is 0 Å². The van der Waals surface area contributed by atoms with Crippen molar-refractivity contribution in [3.63, 3.8) is 0 Å². The summed E-state index contributed by atoms with van der Waals surface area (Å²) in [6, 6.07) is 0. The van der Waals surface area contributed by atoms with Gasteiger partial charge in [-0.1, -0.05) is 6.92 Å². The van der Waals surface area contributed by atoms with E-state index in [1.807, 2.05) is 0 Å². The minimum atomic E-state index is 0.300. The zero-order valence-electron chi connectivity index (χ0n) is 10.6. The monoisotopic (exact) mass is 210 g/mol. The Balaban J connectivity index is 2.06. The molecule has 1 heterocycles. The molecule has 1 saturated heterocycles. The molecule has 0 unspecified atom stereocenters. The maximum absolute atomic E-state index is 3.65. The molecule has 1 saturated carbocycles. The van der Waals surface area contributed by atoms with Crippen LogP contribution in [0, 0.1) is 0 Å². The van der Waals surface area contributed by atoms with Crippen molar-refractivity contribution in [1.82, 2.24) is 10.2 Å². The molecule has 0 atom stereocenters. The molecule has 1 N–H and O–H groups in total. The Kier molecular flexibility index (Phi) is 3.09. The summed E-state index contributed by atoms with van der Waals surface area (Å²) in [5, 5.41) is 3.65. The van der Waals surface area contributed by atoms with Gasteiger partial charge in [0.2, 0.25) is 0 Å². The molecular weight excluding hydrogens is 184 g/mol. The van der Waals surface area contributed by atoms with Crippen molar-refractivity contribution in [1.29, 1.82) is 0 Å². The molecule has 0 amide bonds. The van der Waals surface area contributed by atoms with E-state index in [4.69, 9.17) is 0 Å². The average molecular weight is 210 g/mol. The SMILES string of the molecule is CCC1(N2CCCNC(C)(C)C2)CCC1. The number of hydrogen-bond acceptors (Lipinski definition) is 2. The van der Waals surface area contributed by atoms with E-state index >= 15 is 0 Å². The molecule has 0 spiro atoms. The third kappa shape index (κ3) is 2.21. The lowest BCUT2D eigenvalue weighted by molar-refractivity contribution is 0.00351. The lowest BCUT2D eigenvalue weighted by atomic mass is 9.73. The third-order valence-electron chi connectivity index (χ3n) is 4.41. The predicted molar refractivity (Wildman–Crippen MR) is 65.1 cm³/mol. The van der Waals surface area contributed by atoms with Gasteiger partial charge in [-0.2, -0.15) is 0 Å². The van der Waals surface area contributed by atoms with Crippen molar-refractivity contribution in [3.8, 4) is 0 Å². The molecule has 0 bridgehead atoms. The van der Waals surface area contributed by atoms with Crippen LogP contribution in [0.15, 0.2) is 0 Å². The van der Waals surface area contributed by atoms with E-state index in [1.54, 1.807) is 0 Å². The average Bonchev–Trinajstić information content (AvgIpc) is 2.26. The molecule has 0 aromatic heterocycles. The molecule has 1 aliphatic heterocycles. The highest BCUT2D eigenvalue weighted by Crippen LogP contribution is 2.41. The quantitative estimate of drug-likeness (QED) is 0.753. The standard InChI is InChI=1S/C13H26N2/c1-4-13(7-5-8-13)15-10-6-9-14-12(2,3)11-15/h14H,4-11H2,1-3H3. The van der Waals surface area contributed by atoms with Crippen molar-refractivity contribution < 1.29 is 0 Å². The number of nitrogens with one attached hydrogen (secondary N) is 1. The van der Waals surface area contributed by atoms with Crippen LogP contribution in [0.1, 0.15) is 52.9 Å². The first-order valence-electron chi connectivity index (χ1n) is 6.58. The number of hydrogen-bond donors (Lipinski definition) is 1. The second kappa shape index (κ2) is 4.06. The third-order valence-corrected chi connectivity index (χ3v) is 4.41. The normalized spacial score (nSPS) is 30.6. The lowest BCUT2D eigenvalue weighted by Gasteiger charge is -2.51. The Morgan fingerprint density at radius 3 is 2.47 bits per heavy atom. The van der Waals surface area contributed by atoms with Gasteiger partial charge in [0.25, 0.3) is 0 Å². The van der Waals surface area contributed by atoms with Gasteiger partial charge in [0, 0.05) is 17.6 Å². The van der Waals surface area contributed by atoms with E-state index in [0.717, 1.165) is 0 Å². The minimum Gasteiger partial charge on any atom is -0.310 e. The molecular formula is C13H26N2. The van der Waals surface area contributed by atoms with Gasteiger partial charge < -0.3 is 5.32 Å². The lowest BCUT2D eigenvalue weighted by Crippen LogP contribution is -2.58. The smallest absolute Gasteiger partial charge is 0.0252 e. The zero-order valence-corrected chi connectivity index (χ0v) is 10.6. The summed E-state index contributed by atoms with van der Waals surface area (Å²) in [4.78, 5) is 2.77. The first-order chi connectivity index (χ1) is 7.08. The Hall–Kier alpha value is -0.0800. The van der Waals surface area contributed by atoms with E-state index in [0.29, 0.717) is 11.1 Å². The highest BCUT2D eigenvalue weighted by Gasteiger charge is 2.42. The second-order valence-corrected chi connectivity index (χ2v) is 6.02. The summed E-state index contributed by atoms with van der Waals surface area (Å²) in [6.07, 6.45) is 6.95. The van der Waals surface area contributed by atoms with Crippen molar-refractivity contribution in [2.45, 2.75) is 64.0 Å². The highest BCUT2D eigenvalue weighted by molar-refractivity contribution is 5.00. The minimum absolute atomic E-state index is 0.300. The fraction of sp³-hybridized carbons (Fsp3) is 1.00. The van der Waals surface area contributed by atoms with Gasteiger partial charge in [-0.3, -0.25) is 4.90 Å². The maximum atomic E-state index is 3.65. The zero-order chi connectivity index (χ0) is 10.9. The fourth-order valence-corrected chi connectivity index (χ4v) is 3.19. The Morgan fingerprint density at radius 1 is 1.20 bits per heavy atom. The maximum Gasteiger partial charge on any atom is 0.0252 e. The van der Waals surface area contributed by atoms with Gasteiger partial charge in [0.05, 0.1) is 0 Å². The van der Waals surface area contributed by atoms with Crippen LogP contribution >= 0.6 is 0 Å². The molecule has 15 heavy (non-hydrogen) atoms. The van der Waals surface area contributed by atoms with Crippen LogP contribution in [-0.2, 0) is 0 Å². The van der Waals surface area contributed by atoms with Crippen molar-refractivity contribution >= 4 is 0 Å². The summed E-state index contributed by atoms with van der Waals surface area (Å²) in [5.74, 6) is 0. The van der Waals surface area contributed by atoms with Gasteiger partial charge in [0.1, 0.15) is 0 Å². The molecule has 0 aromatic carbocycles. The Bertz CT molecular complexity index is 213. The summed E-state index contributed by atoms with van der Waals surface area (Å²) < 4.78 is 0. The van der Waals surface area contributed by atoms with E-state index < -0.39 is 0 Å². The number of rotatable bonds is 2. The van der Waals surface area contributed by atoms with Crippen LogP contribution in [0.5, 0.6) is 0 Å². The van der Waals surface area contributed by atoms with Crippen molar-refractivity contribution in [2.75, 3.05) is 19.6 Å². The first kappa shape index (κ1) is 11.4. The van der Waals surface area contributed by atoms with E-state index in [9.17, 15) is 0 Å². The Morgan fingerprint density at radius 2 is 1.93 bits per heavy atom. The van der Waals surface area contributed by atoms with Crippen molar-refractivity contribution in [3.05, 3.63) is 0 Å². The first-order valence-corrected chi connectivity index (χ1v) is 6.58. The summed E-state index contributed by atoms with van der Waals surface area (Å²) >= 11 is 0. The molecule has 88 valence electrons. The fourth-order valence-electron chi connectivity index (χ4n) is 3.19. The van der Waals surface area contributed by atoms with Gasteiger partial charge in [-0.15, -0.1) is 0 Å². The van der Waals surface area contributed by atoms with Crippen LogP contribution in [-0.4, -0.2) is 35.6 Å². The van der Waals surface area contributed by atoms with Crippen molar-refractivity contribution in [2.24, 2.45) is 0 Å². The van der Waals surface area contributed by atoms with E-state index in [1.165, 1.54) is 51.7 Å². The van der Waals surface area contributed by atoms with Gasteiger partial charge in [-0.25, -0.2) is 0 Å². The molecule has 2 nitrogen and oxygen atoms in total. The number of nitrogens with zero attached hydrogens (tertiary/aromatic N) is 1. The highest BCUT2D eigenvalue weighted by atomic mass is 15.2. The molecule has 2 aliphatic rings. The molecule has 2 rings (SSSR count). The van der Waals surface area contributed by atoms with E-state index in [-0.39, 0.29) is 0 Å². The van der Waals surface area contributed by atoms with Crippen LogP contribution in [0.25, 0.3) is 0 Å². The van der Waals surface area contributed by atoms with Crippen LogP contribution < -0.4 is 5.32 Å². The second-order valence-electron chi connectivity index (χ2n) is 6.02. The van der Waals surface area contributed by atoms with Crippen LogP contribution in [0.3, 0.4) is 0 Å². The predicted octanol–water partition coefficient (Wildman–Crippen LogP) is 2.39. The molecule has 2 heteroatoms. The molecule has 0 radical (unpaired) electrons. The molecule has 1 aliphatic carbocycles. The molecule has 0 aromatic rings. The van der Waals surface area contributed by atoms with Crippen LogP contribution in [0.2, 0.25) is 0 Å². The largest absolute Gasteiger partial charge is 0.310 e. The Labute approximate surface area is 94.4 Å². The van der Waals surface area contributed by atoms with Gasteiger partial charge >= 0.3 is 0 Å². The van der Waals surface area contributed by atoms with Gasteiger partial charge in [-0.05, 0) is 59.0 Å². The topological polar surface area (TPSA) is 15.3 Å². The summed E-state index contributed by atoms with van der Waals surface area (Å²) in [5.41, 5.74) is 0.873. The summed E-state index contributed by atoms with van der Waals surface area (Å²) in [7, 11) is 0. The molecule has 2 fully saturated rings. The van der Waals surface area contributed by atoms with E-state index in [2.05, 4.69) is 31.0 Å². The summed E-state index contributed by atoms with van der Waals surface area (Å²) in [6.45, 7) is 10.7.